The highest BCUT2D eigenvalue weighted by atomic mass is 35.5. The van der Waals surface area contributed by atoms with E-state index in [1.54, 1.807) is 0 Å². The molecular formula is C16H20Cl4N2O. The van der Waals surface area contributed by atoms with Crippen LogP contribution in [0.25, 0.3) is 0 Å². The Morgan fingerprint density at radius 3 is 2.17 bits per heavy atom. The van der Waals surface area contributed by atoms with Crippen LogP contribution in [0.1, 0.15) is 39.5 Å². The number of rotatable bonds is 5. The highest BCUT2D eigenvalue weighted by Crippen LogP contribution is 2.41. The van der Waals surface area contributed by atoms with Crippen molar-refractivity contribution in [2.24, 2.45) is 0 Å². The highest BCUT2D eigenvalue weighted by molar-refractivity contribution is 6.50. The molecule has 0 heterocycles. The van der Waals surface area contributed by atoms with Gasteiger partial charge in [-0.05, 0) is 32.8 Å². The third-order valence-corrected chi connectivity index (χ3v) is 5.73. The number of carbonyl (C=O) groups is 1. The molecular weight excluding hydrogens is 378 g/mol. The summed E-state index contributed by atoms with van der Waals surface area (Å²) >= 11 is 24.3. The molecule has 3 nitrogen and oxygen atoms in total. The lowest BCUT2D eigenvalue weighted by Gasteiger charge is -2.32. The Labute approximate surface area is 157 Å². The summed E-state index contributed by atoms with van der Waals surface area (Å²) in [4.78, 5) is 14.7. The molecule has 0 radical (unpaired) electrons. The van der Waals surface area contributed by atoms with E-state index in [1.807, 2.05) is 0 Å². The summed E-state index contributed by atoms with van der Waals surface area (Å²) in [5, 5.41) is 3.67. The molecule has 0 unspecified atom stereocenters. The lowest BCUT2D eigenvalue weighted by Crippen LogP contribution is -2.43. The van der Waals surface area contributed by atoms with Crippen molar-refractivity contribution in [3.8, 4) is 0 Å². The molecule has 1 amide bonds. The maximum absolute atomic E-state index is 12.5. The second-order valence-electron chi connectivity index (χ2n) is 6.10. The fraction of sp³-hybridized carbons (Fsp3) is 0.562. The number of nitrogens with zero attached hydrogens (tertiary/aromatic N) is 1. The summed E-state index contributed by atoms with van der Waals surface area (Å²) in [5.41, 5.74) is 0.269. The Morgan fingerprint density at radius 1 is 1.17 bits per heavy atom. The van der Waals surface area contributed by atoms with Crippen LogP contribution in [-0.2, 0) is 4.79 Å². The Morgan fingerprint density at radius 2 is 1.70 bits per heavy atom. The Kier molecular flexibility index (Phi) is 6.88. The van der Waals surface area contributed by atoms with Gasteiger partial charge in [-0.25, -0.2) is 0 Å². The Hall–Kier alpha value is -0.190. The lowest BCUT2D eigenvalue weighted by atomic mass is 10.1. The summed E-state index contributed by atoms with van der Waals surface area (Å²) in [6, 6.07) is 2.20. The van der Waals surface area contributed by atoms with Crippen molar-refractivity contribution >= 4 is 58.0 Å². The SMILES string of the molecule is CC(C)N(CC(=O)Nc1c(Cl)c(Cl)cc(Cl)c1Cl)C1CCCC1. The zero-order valence-electron chi connectivity index (χ0n) is 13.1. The molecule has 0 spiro atoms. The van der Waals surface area contributed by atoms with Crippen molar-refractivity contribution in [2.75, 3.05) is 11.9 Å². The second kappa shape index (κ2) is 8.26. The molecule has 0 aliphatic heterocycles. The van der Waals surface area contributed by atoms with Crippen LogP contribution in [0.4, 0.5) is 5.69 Å². The quantitative estimate of drug-likeness (QED) is 0.628. The van der Waals surface area contributed by atoms with E-state index < -0.39 is 0 Å². The van der Waals surface area contributed by atoms with E-state index >= 15 is 0 Å². The van der Waals surface area contributed by atoms with Crippen molar-refractivity contribution in [1.29, 1.82) is 0 Å². The minimum atomic E-state index is -0.173. The molecule has 1 N–H and O–H groups in total. The first-order valence-corrected chi connectivity index (χ1v) is 9.21. The maximum atomic E-state index is 12.5. The Balaban J connectivity index is 2.12. The first-order chi connectivity index (χ1) is 10.8. The molecule has 1 aromatic carbocycles. The fourth-order valence-electron chi connectivity index (χ4n) is 3.00. The van der Waals surface area contributed by atoms with Crippen molar-refractivity contribution in [3.05, 3.63) is 26.2 Å². The van der Waals surface area contributed by atoms with Crippen LogP contribution in [0.5, 0.6) is 0 Å². The predicted molar refractivity (Wildman–Crippen MR) is 99.2 cm³/mol. The zero-order valence-corrected chi connectivity index (χ0v) is 16.2. The summed E-state index contributed by atoms with van der Waals surface area (Å²) in [5.74, 6) is -0.173. The second-order valence-corrected chi connectivity index (χ2v) is 7.67. The van der Waals surface area contributed by atoms with Crippen molar-refractivity contribution in [1.82, 2.24) is 4.90 Å². The van der Waals surface area contributed by atoms with Crippen LogP contribution in [0.15, 0.2) is 6.07 Å². The van der Waals surface area contributed by atoms with Crippen LogP contribution in [0, 0.1) is 0 Å². The van der Waals surface area contributed by atoms with Crippen LogP contribution in [-0.4, -0.2) is 29.4 Å². The van der Waals surface area contributed by atoms with E-state index in [0.717, 1.165) is 12.8 Å². The fourth-order valence-corrected chi connectivity index (χ4v) is 3.90. The van der Waals surface area contributed by atoms with Gasteiger partial charge in [-0.2, -0.15) is 0 Å². The minimum absolute atomic E-state index is 0.173. The number of nitrogens with one attached hydrogen (secondary N) is 1. The van der Waals surface area contributed by atoms with Crippen LogP contribution >= 0.6 is 46.4 Å². The van der Waals surface area contributed by atoms with Gasteiger partial charge in [-0.15, -0.1) is 0 Å². The van der Waals surface area contributed by atoms with Crippen molar-refractivity contribution < 1.29 is 4.79 Å². The number of hydrogen-bond donors (Lipinski definition) is 1. The van der Waals surface area contributed by atoms with E-state index in [0.29, 0.717) is 12.6 Å². The zero-order chi connectivity index (χ0) is 17.1. The molecule has 23 heavy (non-hydrogen) atoms. The van der Waals surface area contributed by atoms with E-state index in [2.05, 4.69) is 24.1 Å². The summed E-state index contributed by atoms with van der Waals surface area (Å²) in [6.07, 6.45) is 4.71. The van der Waals surface area contributed by atoms with Gasteiger partial charge in [0.25, 0.3) is 0 Å². The van der Waals surface area contributed by atoms with Crippen LogP contribution in [0.2, 0.25) is 20.1 Å². The molecule has 0 atom stereocenters. The first-order valence-electron chi connectivity index (χ1n) is 7.69. The molecule has 1 saturated carbocycles. The van der Waals surface area contributed by atoms with Gasteiger partial charge in [-0.1, -0.05) is 59.2 Å². The molecule has 0 saturated heterocycles. The Bertz CT molecular complexity index is 560. The predicted octanol–water partition coefficient (Wildman–Crippen LogP) is 5.89. The number of amides is 1. The van der Waals surface area contributed by atoms with Gasteiger partial charge >= 0.3 is 0 Å². The van der Waals surface area contributed by atoms with Crippen LogP contribution in [0.3, 0.4) is 0 Å². The van der Waals surface area contributed by atoms with Gasteiger partial charge in [0.2, 0.25) is 5.91 Å². The lowest BCUT2D eigenvalue weighted by molar-refractivity contribution is -0.118. The average molecular weight is 398 g/mol. The van der Waals surface area contributed by atoms with E-state index in [9.17, 15) is 4.79 Å². The van der Waals surface area contributed by atoms with E-state index in [-0.39, 0.29) is 37.7 Å². The largest absolute Gasteiger partial charge is 0.322 e. The molecule has 1 aliphatic carbocycles. The van der Waals surface area contributed by atoms with Crippen molar-refractivity contribution in [2.45, 2.75) is 51.6 Å². The van der Waals surface area contributed by atoms with Gasteiger partial charge in [0.1, 0.15) is 0 Å². The number of carbonyl (C=O) groups excluding carboxylic acids is 1. The standard InChI is InChI=1S/C16H20Cl4N2O/c1-9(2)22(10-5-3-4-6-10)8-13(23)21-16-14(19)11(17)7-12(18)15(16)20/h7,9-10H,3-6,8H2,1-2H3,(H,21,23). The van der Waals surface area contributed by atoms with Gasteiger partial charge in [-0.3, -0.25) is 9.69 Å². The topological polar surface area (TPSA) is 32.3 Å². The van der Waals surface area contributed by atoms with Gasteiger partial charge in [0.15, 0.2) is 0 Å². The molecule has 128 valence electrons. The molecule has 0 aromatic heterocycles. The molecule has 1 aliphatic rings. The molecule has 7 heteroatoms. The third kappa shape index (κ3) is 4.67. The summed E-state index contributed by atoms with van der Waals surface area (Å²) in [6.45, 7) is 4.49. The summed E-state index contributed by atoms with van der Waals surface area (Å²) < 4.78 is 0. The monoisotopic (exact) mass is 396 g/mol. The maximum Gasteiger partial charge on any atom is 0.238 e. The number of benzene rings is 1. The van der Waals surface area contributed by atoms with E-state index in [1.165, 1.54) is 18.9 Å². The number of anilines is 1. The first kappa shape index (κ1) is 19.1. The van der Waals surface area contributed by atoms with Gasteiger partial charge in [0.05, 0.1) is 32.3 Å². The highest BCUT2D eigenvalue weighted by Gasteiger charge is 2.27. The molecule has 1 fully saturated rings. The average Bonchev–Trinajstić information content (AvgIpc) is 3.01. The van der Waals surface area contributed by atoms with Crippen molar-refractivity contribution in [3.63, 3.8) is 0 Å². The minimum Gasteiger partial charge on any atom is -0.322 e. The van der Waals surface area contributed by atoms with Gasteiger partial charge < -0.3 is 5.32 Å². The number of hydrogen-bond acceptors (Lipinski definition) is 2. The molecule has 2 rings (SSSR count). The summed E-state index contributed by atoms with van der Waals surface area (Å²) in [7, 11) is 0. The number of halogens is 4. The van der Waals surface area contributed by atoms with Crippen LogP contribution < -0.4 is 5.32 Å². The van der Waals surface area contributed by atoms with E-state index in [4.69, 9.17) is 46.4 Å². The smallest absolute Gasteiger partial charge is 0.238 e. The normalized spacial score (nSPS) is 15.7. The molecule has 0 bridgehead atoms. The van der Waals surface area contributed by atoms with Gasteiger partial charge in [0, 0.05) is 12.1 Å². The third-order valence-electron chi connectivity index (χ3n) is 4.16. The molecule has 1 aromatic rings.